The molecule has 6 nitrogen and oxygen atoms in total. The lowest BCUT2D eigenvalue weighted by molar-refractivity contribution is -0.120. The maximum Gasteiger partial charge on any atom is 0.262 e. The molecule has 0 fully saturated rings. The largest absolute Gasteiger partial charge is 0.482 e. The van der Waals surface area contributed by atoms with E-state index in [-0.39, 0.29) is 34.9 Å². The number of hydrogen-bond donors (Lipinski definition) is 1. The fourth-order valence-electron chi connectivity index (χ4n) is 6.28. The first kappa shape index (κ1) is 28.8. The van der Waals surface area contributed by atoms with Gasteiger partial charge in [-0.1, -0.05) is 61.8 Å². The van der Waals surface area contributed by atoms with Crippen LogP contribution in [0.1, 0.15) is 64.9 Å². The van der Waals surface area contributed by atoms with Gasteiger partial charge in [-0.15, -0.1) is 0 Å². The summed E-state index contributed by atoms with van der Waals surface area (Å²) in [6, 6.07) is 13.0. The number of ether oxygens (including phenoxy) is 1. The van der Waals surface area contributed by atoms with Crippen LogP contribution >= 0.6 is 31.9 Å². The fourth-order valence-corrected chi connectivity index (χ4v) is 7.65. The van der Waals surface area contributed by atoms with Gasteiger partial charge in [0.2, 0.25) is 0 Å². The molecule has 1 N–H and O–H groups in total. The molecule has 1 heterocycles. The van der Waals surface area contributed by atoms with Gasteiger partial charge in [0.05, 0.1) is 4.47 Å². The summed E-state index contributed by atoms with van der Waals surface area (Å²) in [5.74, 6) is -0.322. The standard InChI is InChI=1S/C32H34Br2N2O4/c1-31(2)13-22-28(24(37)15-31)27(29-23(36(22)5)14-32(3,4)16-25(29)38)20-11-18(33)12-21(34)30(20)40-17-26(39)35-19-9-7-6-8-10-19/h6-12,27H,13-17H2,1-5H3,(H,35,39). The van der Waals surface area contributed by atoms with Crippen molar-refractivity contribution in [1.82, 2.24) is 4.90 Å². The number of halogens is 2. The lowest BCUT2D eigenvalue weighted by atomic mass is 9.63. The van der Waals surface area contributed by atoms with Crippen molar-refractivity contribution in [2.24, 2.45) is 10.8 Å². The van der Waals surface area contributed by atoms with Crippen molar-refractivity contribution in [3.05, 3.63) is 79.5 Å². The molecule has 2 aromatic carbocycles. The highest BCUT2D eigenvalue weighted by molar-refractivity contribution is 9.11. The van der Waals surface area contributed by atoms with E-state index >= 15 is 0 Å². The lowest BCUT2D eigenvalue weighted by Crippen LogP contribution is -2.43. The van der Waals surface area contributed by atoms with E-state index in [0.717, 1.165) is 28.7 Å². The number of para-hydroxylation sites is 1. The predicted molar refractivity (Wildman–Crippen MR) is 163 cm³/mol. The molecule has 1 aliphatic heterocycles. The molecule has 3 aliphatic rings. The van der Waals surface area contributed by atoms with Gasteiger partial charge in [0.25, 0.3) is 5.91 Å². The van der Waals surface area contributed by atoms with Crippen LogP contribution < -0.4 is 10.1 Å². The number of Topliss-reactive ketones (excluding diaryl/α,β-unsaturated/α-hetero) is 2. The molecule has 0 spiro atoms. The van der Waals surface area contributed by atoms with E-state index in [1.807, 2.05) is 49.5 Å². The van der Waals surface area contributed by atoms with Crippen molar-refractivity contribution >= 4 is 55.0 Å². The van der Waals surface area contributed by atoms with Gasteiger partial charge < -0.3 is 15.0 Å². The molecule has 0 saturated heterocycles. The molecular weight excluding hydrogens is 636 g/mol. The van der Waals surface area contributed by atoms with Crippen molar-refractivity contribution in [3.8, 4) is 5.75 Å². The van der Waals surface area contributed by atoms with Gasteiger partial charge in [0, 0.05) is 64.1 Å². The van der Waals surface area contributed by atoms with Crippen LogP contribution in [0.5, 0.6) is 5.75 Å². The average Bonchev–Trinajstić information content (AvgIpc) is 2.84. The Bertz CT molecular complexity index is 1420. The summed E-state index contributed by atoms with van der Waals surface area (Å²) in [7, 11) is 1.99. The number of hydrogen-bond acceptors (Lipinski definition) is 5. The molecule has 0 atom stereocenters. The van der Waals surface area contributed by atoms with Crippen LogP contribution in [0.2, 0.25) is 0 Å². The lowest BCUT2D eigenvalue weighted by Gasteiger charge is -2.48. The molecule has 0 unspecified atom stereocenters. The van der Waals surface area contributed by atoms with E-state index in [1.165, 1.54) is 0 Å². The highest BCUT2D eigenvalue weighted by atomic mass is 79.9. The zero-order chi connectivity index (χ0) is 29.0. The first-order chi connectivity index (χ1) is 18.8. The summed E-state index contributed by atoms with van der Waals surface area (Å²) in [5, 5.41) is 2.85. The Balaban J connectivity index is 1.62. The SMILES string of the molecule is CN1C2=C(C(=O)CC(C)(C)C2)C(c2cc(Br)cc(Br)c2OCC(=O)Nc2ccccc2)C2=C1CC(C)(C)CC2=O. The molecule has 5 rings (SSSR count). The molecular formula is C32H34Br2N2O4. The van der Waals surface area contributed by atoms with Crippen molar-refractivity contribution in [2.75, 3.05) is 19.0 Å². The second-order valence-electron chi connectivity index (χ2n) is 12.6. The Morgan fingerprint density at radius 2 is 1.48 bits per heavy atom. The molecule has 8 heteroatoms. The minimum absolute atomic E-state index is 0.0520. The van der Waals surface area contributed by atoms with Gasteiger partial charge in [0.15, 0.2) is 18.2 Å². The van der Waals surface area contributed by atoms with Gasteiger partial charge >= 0.3 is 0 Å². The summed E-state index contributed by atoms with van der Waals surface area (Å²) in [4.78, 5) is 42.7. The molecule has 2 aliphatic carbocycles. The Morgan fingerprint density at radius 1 is 0.925 bits per heavy atom. The zero-order valence-corrected chi connectivity index (χ0v) is 26.7. The van der Waals surface area contributed by atoms with E-state index < -0.39 is 5.92 Å². The van der Waals surface area contributed by atoms with E-state index in [4.69, 9.17) is 4.74 Å². The van der Waals surface area contributed by atoms with Crippen LogP contribution in [-0.2, 0) is 14.4 Å². The summed E-state index contributed by atoms with van der Waals surface area (Å²) in [5.41, 5.74) is 4.27. The van der Waals surface area contributed by atoms with Crippen LogP contribution in [0.3, 0.4) is 0 Å². The Kier molecular flexibility index (Phi) is 7.64. The van der Waals surface area contributed by atoms with Gasteiger partial charge in [-0.25, -0.2) is 0 Å². The maximum atomic E-state index is 13.9. The molecule has 0 bridgehead atoms. The van der Waals surface area contributed by atoms with Crippen LogP contribution in [0.15, 0.2) is 74.0 Å². The van der Waals surface area contributed by atoms with E-state index in [2.05, 4.69) is 69.8 Å². The Labute approximate surface area is 252 Å². The third kappa shape index (κ3) is 5.57. The van der Waals surface area contributed by atoms with Crippen LogP contribution in [0.25, 0.3) is 0 Å². The quantitative estimate of drug-likeness (QED) is 0.356. The Morgan fingerprint density at radius 3 is 2.02 bits per heavy atom. The minimum atomic E-state index is -0.575. The molecule has 40 heavy (non-hydrogen) atoms. The maximum absolute atomic E-state index is 13.9. The van der Waals surface area contributed by atoms with E-state index in [0.29, 0.717) is 45.5 Å². The van der Waals surface area contributed by atoms with Crippen molar-refractivity contribution in [2.45, 2.75) is 59.3 Å². The number of nitrogens with one attached hydrogen (secondary N) is 1. The molecule has 0 radical (unpaired) electrons. The van der Waals surface area contributed by atoms with Gasteiger partial charge in [-0.05, 0) is 63.9 Å². The number of rotatable bonds is 5. The second kappa shape index (κ2) is 10.6. The minimum Gasteiger partial charge on any atom is -0.482 e. The number of benzene rings is 2. The molecule has 1 amide bonds. The number of amides is 1. The molecule has 2 aromatic rings. The highest BCUT2D eigenvalue weighted by Crippen LogP contribution is 2.56. The summed E-state index contributed by atoms with van der Waals surface area (Å²) >= 11 is 7.25. The monoisotopic (exact) mass is 668 g/mol. The van der Waals surface area contributed by atoms with Crippen LogP contribution in [0, 0.1) is 10.8 Å². The molecule has 0 saturated carbocycles. The van der Waals surface area contributed by atoms with Crippen molar-refractivity contribution < 1.29 is 19.1 Å². The number of carbonyl (C=O) groups is 3. The summed E-state index contributed by atoms with van der Waals surface area (Å²) < 4.78 is 7.61. The average molecular weight is 670 g/mol. The number of ketones is 2. The first-order valence-corrected chi connectivity index (χ1v) is 15.1. The molecule has 0 aromatic heterocycles. The molecule has 210 valence electrons. The third-order valence-corrected chi connectivity index (χ3v) is 8.98. The predicted octanol–water partition coefficient (Wildman–Crippen LogP) is 7.54. The number of nitrogens with zero attached hydrogens (tertiary/aromatic N) is 1. The zero-order valence-electron chi connectivity index (χ0n) is 23.5. The fraction of sp³-hybridized carbons (Fsp3) is 0.406. The van der Waals surface area contributed by atoms with Gasteiger partial charge in [-0.2, -0.15) is 0 Å². The van der Waals surface area contributed by atoms with Crippen molar-refractivity contribution in [3.63, 3.8) is 0 Å². The normalized spacial score (nSPS) is 20.3. The topological polar surface area (TPSA) is 75.7 Å². The highest BCUT2D eigenvalue weighted by Gasteiger charge is 2.49. The summed E-state index contributed by atoms with van der Waals surface area (Å²) in [6.45, 7) is 8.24. The Hall–Kier alpha value is -2.71. The van der Waals surface area contributed by atoms with Gasteiger partial charge in [-0.3, -0.25) is 14.4 Å². The second-order valence-corrected chi connectivity index (χ2v) is 14.4. The summed E-state index contributed by atoms with van der Waals surface area (Å²) in [6.07, 6.45) is 2.28. The van der Waals surface area contributed by atoms with E-state index in [1.54, 1.807) is 0 Å². The number of anilines is 1. The van der Waals surface area contributed by atoms with Crippen LogP contribution in [-0.4, -0.2) is 36.0 Å². The van der Waals surface area contributed by atoms with E-state index in [9.17, 15) is 14.4 Å². The van der Waals surface area contributed by atoms with Crippen molar-refractivity contribution in [1.29, 1.82) is 0 Å². The van der Waals surface area contributed by atoms with Crippen LogP contribution in [0.4, 0.5) is 5.69 Å². The third-order valence-electron chi connectivity index (χ3n) is 7.93. The number of carbonyl (C=O) groups excluding carboxylic acids is 3. The number of allylic oxidation sites excluding steroid dienone is 4. The smallest absolute Gasteiger partial charge is 0.262 e. The first-order valence-electron chi connectivity index (χ1n) is 13.5. The van der Waals surface area contributed by atoms with Gasteiger partial charge in [0.1, 0.15) is 5.75 Å².